The number of rotatable bonds is 10. The van der Waals surface area contributed by atoms with Gasteiger partial charge in [-0.05, 0) is 35.6 Å². The fraction of sp³-hybridized carbons (Fsp3) is 0.429. The van der Waals surface area contributed by atoms with E-state index in [9.17, 15) is 0 Å². The highest BCUT2D eigenvalue weighted by molar-refractivity contribution is 5.27. The Morgan fingerprint density at radius 2 is 1.68 bits per heavy atom. The van der Waals surface area contributed by atoms with Gasteiger partial charge in [0.2, 0.25) is 0 Å². The first-order valence-electron chi connectivity index (χ1n) is 11.5. The van der Waals surface area contributed by atoms with E-state index in [1.54, 1.807) is 12.0 Å². The second-order valence-electron chi connectivity index (χ2n) is 9.76. The highest BCUT2D eigenvalue weighted by atomic mass is 16.5. The van der Waals surface area contributed by atoms with Crippen LogP contribution in [0.3, 0.4) is 0 Å². The standard InChI is InChI=1S/C28H38N2O/c1-23-9-6-10-25(19-23)21-30-17-7-11-27(30)22-29(16-8-18-31-5)20-24-12-14-26(15-13-24)28(2,3)4/h6-7,9-15,17,19H,8,16,18,20-22H2,1-5H3/p+1. The number of methoxy groups -OCH3 is 1. The lowest BCUT2D eigenvalue weighted by Crippen LogP contribution is -3.09. The predicted octanol–water partition coefficient (Wildman–Crippen LogP) is 4.76. The molecule has 1 unspecified atom stereocenters. The maximum atomic E-state index is 5.33. The zero-order chi connectivity index (χ0) is 22.3. The number of nitrogens with zero attached hydrogens (tertiary/aromatic N) is 1. The van der Waals surface area contributed by atoms with Crippen molar-refractivity contribution in [2.75, 3.05) is 20.3 Å². The normalized spacial score (nSPS) is 12.8. The molecule has 0 aliphatic rings. The Labute approximate surface area is 188 Å². The number of benzene rings is 2. The van der Waals surface area contributed by atoms with Gasteiger partial charge in [0.15, 0.2) is 0 Å². The molecular weight excluding hydrogens is 380 g/mol. The average Bonchev–Trinajstić information content (AvgIpc) is 3.14. The van der Waals surface area contributed by atoms with E-state index in [-0.39, 0.29) is 5.41 Å². The van der Waals surface area contributed by atoms with E-state index in [1.165, 1.54) is 27.9 Å². The first-order valence-corrected chi connectivity index (χ1v) is 11.5. The zero-order valence-corrected chi connectivity index (χ0v) is 19.9. The predicted molar refractivity (Wildman–Crippen MR) is 130 cm³/mol. The van der Waals surface area contributed by atoms with Crippen LogP contribution in [0.25, 0.3) is 0 Å². The van der Waals surface area contributed by atoms with Crippen molar-refractivity contribution in [1.29, 1.82) is 0 Å². The molecule has 166 valence electrons. The number of quaternary nitrogens is 1. The fourth-order valence-corrected chi connectivity index (χ4v) is 4.14. The molecule has 31 heavy (non-hydrogen) atoms. The van der Waals surface area contributed by atoms with Crippen LogP contribution >= 0.6 is 0 Å². The maximum Gasteiger partial charge on any atom is 0.118 e. The van der Waals surface area contributed by atoms with Crippen LogP contribution in [0.1, 0.15) is 55.1 Å². The molecule has 0 aliphatic carbocycles. The van der Waals surface area contributed by atoms with Gasteiger partial charge in [-0.3, -0.25) is 0 Å². The van der Waals surface area contributed by atoms with E-state index in [2.05, 4.69) is 99.1 Å². The van der Waals surface area contributed by atoms with Crippen LogP contribution in [0.15, 0.2) is 66.9 Å². The number of ether oxygens (including phenoxy) is 1. The summed E-state index contributed by atoms with van der Waals surface area (Å²) in [5.74, 6) is 0. The molecule has 0 saturated carbocycles. The third-order valence-electron chi connectivity index (χ3n) is 5.94. The average molecular weight is 420 g/mol. The van der Waals surface area contributed by atoms with Crippen LogP contribution in [0, 0.1) is 6.92 Å². The van der Waals surface area contributed by atoms with Crippen molar-refractivity contribution in [1.82, 2.24) is 4.57 Å². The van der Waals surface area contributed by atoms with Gasteiger partial charge >= 0.3 is 0 Å². The van der Waals surface area contributed by atoms with E-state index in [0.717, 1.165) is 39.2 Å². The Bertz CT molecular complexity index is 934. The monoisotopic (exact) mass is 419 g/mol. The number of aromatic nitrogens is 1. The van der Waals surface area contributed by atoms with Gasteiger partial charge in [0.1, 0.15) is 13.1 Å². The van der Waals surface area contributed by atoms with Gasteiger partial charge in [-0.15, -0.1) is 0 Å². The molecule has 3 nitrogen and oxygen atoms in total. The second kappa shape index (κ2) is 10.8. The van der Waals surface area contributed by atoms with Crippen molar-refractivity contribution in [3.05, 3.63) is 94.8 Å². The number of hydrogen-bond acceptors (Lipinski definition) is 1. The van der Waals surface area contributed by atoms with E-state index in [1.807, 2.05) is 0 Å². The number of nitrogens with one attached hydrogen (secondary N) is 1. The van der Waals surface area contributed by atoms with Crippen molar-refractivity contribution < 1.29 is 9.64 Å². The third-order valence-corrected chi connectivity index (χ3v) is 5.94. The Morgan fingerprint density at radius 3 is 2.35 bits per heavy atom. The first kappa shape index (κ1) is 23.3. The van der Waals surface area contributed by atoms with E-state index < -0.39 is 0 Å². The molecule has 0 saturated heterocycles. The van der Waals surface area contributed by atoms with Crippen LogP contribution in [0.2, 0.25) is 0 Å². The first-order chi connectivity index (χ1) is 14.8. The summed E-state index contributed by atoms with van der Waals surface area (Å²) >= 11 is 0. The largest absolute Gasteiger partial charge is 0.384 e. The van der Waals surface area contributed by atoms with Crippen LogP contribution in [-0.4, -0.2) is 24.8 Å². The smallest absolute Gasteiger partial charge is 0.118 e. The molecule has 0 aliphatic heterocycles. The van der Waals surface area contributed by atoms with Crippen molar-refractivity contribution in [3.63, 3.8) is 0 Å². The van der Waals surface area contributed by atoms with Crippen LogP contribution in [0.5, 0.6) is 0 Å². The van der Waals surface area contributed by atoms with Crippen LogP contribution in [0.4, 0.5) is 0 Å². The summed E-state index contributed by atoms with van der Waals surface area (Å²) in [4.78, 5) is 1.57. The molecule has 1 atom stereocenters. The quantitative estimate of drug-likeness (QED) is 0.469. The van der Waals surface area contributed by atoms with Crippen molar-refractivity contribution in [2.24, 2.45) is 0 Å². The molecule has 0 fully saturated rings. The SMILES string of the molecule is COCCC[NH+](Cc1ccc(C(C)(C)C)cc1)Cc1cccn1Cc1cccc(C)c1. The molecule has 0 spiro atoms. The molecule has 0 radical (unpaired) electrons. The Kier molecular flexibility index (Phi) is 8.11. The highest BCUT2D eigenvalue weighted by Gasteiger charge is 2.16. The summed E-state index contributed by atoms with van der Waals surface area (Å²) in [5, 5.41) is 0. The minimum Gasteiger partial charge on any atom is -0.384 e. The third kappa shape index (κ3) is 7.09. The van der Waals surface area contributed by atoms with Crippen LogP contribution in [-0.2, 0) is 29.8 Å². The van der Waals surface area contributed by atoms with Gasteiger partial charge in [0.25, 0.3) is 0 Å². The molecule has 3 heteroatoms. The molecule has 1 aromatic heterocycles. The highest BCUT2D eigenvalue weighted by Crippen LogP contribution is 2.22. The van der Waals surface area contributed by atoms with Crippen molar-refractivity contribution in [3.8, 4) is 0 Å². The van der Waals surface area contributed by atoms with E-state index in [4.69, 9.17) is 4.74 Å². The summed E-state index contributed by atoms with van der Waals surface area (Å²) in [6.07, 6.45) is 3.28. The van der Waals surface area contributed by atoms with Gasteiger partial charge in [-0.25, -0.2) is 0 Å². The fourth-order valence-electron chi connectivity index (χ4n) is 4.14. The molecule has 1 N–H and O–H groups in total. The van der Waals surface area contributed by atoms with Gasteiger partial charge in [0.05, 0.1) is 18.8 Å². The van der Waals surface area contributed by atoms with Crippen molar-refractivity contribution >= 4 is 0 Å². The maximum absolute atomic E-state index is 5.33. The van der Waals surface area contributed by atoms with Gasteiger partial charge in [0, 0.05) is 31.8 Å². The van der Waals surface area contributed by atoms with E-state index in [0.29, 0.717) is 0 Å². The summed E-state index contributed by atoms with van der Waals surface area (Å²) in [6.45, 7) is 13.9. The number of hydrogen-bond donors (Lipinski definition) is 1. The second-order valence-corrected chi connectivity index (χ2v) is 9.76. The van der Waals surface area contributed by atoms with Gasteiger partial charge in [-0.1, -0.05) is 74.9 Å². The minimum atomic E-state index is 0.195. The summed E-state index contributed by atoms with van der Waals surface area (Å²) in [7, 11) is 1.79. The Hall–Kier alpha value is -2.36. The van der Waals surface area contributed by atoms with E-state index >= 15 is 0 Å². The minimum absolute atomic E-state index is 0.195. The molecular formula is C28H39N2O+. The zero-order valence-electron chi connectivity index (χ0n) is 19.9. The lowest BCUT2D eigenvalue weighted by Gasteiger charge is -2.22. The summed E-state index contributed by atoms with van der Waals surface area (Å²) in [5.41, 5.74) is 7.05. The number of aryl methyl sites for hydroxylation is 1. The molecule has 3 rings (SSSR count). The summed E-state index contributed by atoms with van der Waals surface area (Å²) < 4.78 is 7.72. The Morgan fingerprint density at radius 1 is 0.903 bits per heavy atom. The van der Waals surface area contributed by atoms with Gasteiger partial charge < -0.3 is 14.2 Å². The topological polar surface area (TPSA) is 18.6 Å². The lowest BCUT2D eigenvalue weighted by molar-refractivity contribution is -0.928. The van der Waals surface area contributed by atoms with Gasteiger partial charge in [-0.2, -0.15) is 0 Å². The molecule has 0 amide bonds. The van der Waals surface area contributed by atoms with Crippen molar-refractivity contribution in [2.45, 2.75) is 59.2 Å². The lowest BCUT2D eigenvalue weighted by atomic mass is 9.87. The molecule has 3 aromatic rings. The van der Waals surface area contributed by atoms with Crippen LogP contribution < -0.4 is 4.90 Å². The molecule has 2 aromatic carbocycles. The summed E-state index contributed by atoms with van der Waals surface area (Å²) in [6, 6.07) is 22.5. The molecule has 0 bridgehead atoms. The molecule has 1 heterocycles. The Balaban J connectivity index is 1.72.